The van der Waals surface area contributed by atoms with Gasteiger partial charge in [0.15, 0.2) is 16.3 Å². The Labute approximate surface area is 217 Å². The van der Waals surface area contributed by atoms with Crippen LogP contribution in [0.1, 0.15) is 10.4 Å². The average Bonchev–Trinajstić information content (AvgIpc) is 3.19. The van der Waals surface area contributed by atoms with E-state index < -0.39 is 15.9 Å². The van der Waals surface area contributed by atoms with Crippen molar-refractivity contribution in [3.63, 3.8) is 0 Å². The van der Waals surface area contributed by atoms with Crippen LogP contribution in [0.2, 0.25) is 5.02 Å². The van der Waals surface area contributed by atoms with Crippen LogP contribution in [-0.4, -0.2) is 33.1 Å². The zero-order chi connectivity index (χ0) is 25.9. The minimum absolute atomic E-state index is 0.0508. The molecule has 3 aromatic carbocycles. The molecule has 4 rings (SSSR count). The normalized spacial score (nSPS) is 11.9. The number of benzene rings is 3. The first-order valence-corrected chi connectivity index (χ1v) is 13.3. The second-order valence-corrected chi connectivity index (χ2v) is 10.6. The van der Waals surface area contributed by atoms with Gasteiger partial charge in [-0.3, -0.25) is 9.52 Å². The summed E-state index contributed by atoms with van der Waals surface area (Å²) in [5.74, 6) is 0.598. The molecule has 0 unspecified atom stereocenters. The van der Waals surface area contributed by atoms with Gasteiger partial charge in [-0.15, -0.1) is 6.58 Å². The molecule has 0 fully saturated rings. The maximum absolute atomic E-state index is 13.1. The number of nitrogens with zero attached hydrogens (tertiary/aromatic N) is 2. The monoisotopic (exact) mass is 543 g/mol. The number of anilines is 1. The Morgan fingerprint density at radius 3 is 2.47 bits per heavy atom. The largest absolute Gasteiger partial charge is 0.493 e. The number of hydrogen-bond donors (Lipinski definition) is 1. The summed E-state index contributed by atoms with van der Waals surface area (Å²) >= 11 is 7.17. The quantitative estimate of drug-likeness (QED) is 0.312. The van der Waals surface area contributed by atoms with Gasteiger partial charge >= 0.3 is 0 Å². The Morgan fingerprint density at radius 2 is 1.81 bits per heavy atom. The van der Waals surface area contributed by atoms with E-state index in [9.17, 15) is 13.2 Å². The first kappa shape index (κ1) is 25.5. The third kappa shape index (κ3) is 5.30. The molecule has 186 valence electrons. The van der Waals surface area contributed by atoms with Crippen molar-refractivity contribution in [2.45, 2.75) is 11.4 Å². The topological polar surface area (TPSA) is 99.0 Å². The molecule has 1 amide bonds. The molecule has 0 atom stereocenters. The van der Waals surface area contributed by atoms with Crippen LogP contribution in [0, 0.1) is 0 Å². The molecule has 0 radical (unpaired) electrons. The molecule has 4 aromatic rings. The fourth-order valence-electron chi connectivity index (χ4n) is 3.48. The predicted molar refractivity (Wildman–Crippen MR) is 142 cm³/mol. The Kier molecular flexibility index (Phi) is 7.48. The first-order chi connectivity index (χ1) is 17.2. The van der Waals surface area contributed by atoms with E-state index >= 15 is 0 Å². The number of fused-ring (bicyclic) bond motifs is 1. The molecule has 1 N–H and O–H groups in total. The molecule has 36 heavy (non-hydrogen) atoms. The molecule has 0 aliphatic rings. The van der Waals surface area contributed by atoms with Crippen LogP contribution >= 0.6 is 22.9 Å². The van der Waals surface area contributed by atoms with Gasteiger partial charge < -0.3 is 14.0 Å². The van der Waals surface area contributed by atoms with Crippen molar-refractivity contribution in [2.75, 3.05) is 18.9 Å². The smallest absolute Gasteiger partial charge is 0.279 e. The van der Waals surface area contributed by atoms with E-state index in [2.05, 4.69) is 16.3 Å². The van der Waals surface area contributed by atoms with Crippen LogP contribution in [0.15, 0.2) is 83.2 Å². The van der Waals surface area contributed by atoms with E-state index in [0.29, 0.717) is 27.9 Å². The number of amides is 1. The predicted octanol–water partition coefficient (Wildman–Crippen LogP) is 5.10. The van der Waals surface area contributed by atoms with E-state index in [4.69, 9.17) is 21.1 Å². The van der Waals surface area contributed by atoms with Gasteiger partial charge in [0.2, 0.25) is 0 Å². The molecular weight excluding hydrogens is 522 g/mol. The van der Waals surface area contributed by atoms with Gasteiger partial charge in [-0.1, -0.05) is 35.1 Å². The van der Waals surface area contributed by atoms with Crippen LogP contribution in [0.3, 0.4) is 0 Å². The number of thiazole rings is 1. The molecule has 0 bridgehead atoms. The fourth-order valence-corrected chi connectivity index (χ4v) is 5.71. The molecule has 0 aliphatic carbocycles. The summed E-state index contributed by atoms with van der Waals surface area (Å²) in [6, 6.07) is 15.6. The highest BCUT2D eigenvalue weighted by Gasteiger charge is 2.16. The first-order valence-electron chi connectivity index (χ1n) is 10.6. The standard InChI is InChI=1S/C25H22ClN3O5S2/c1-4-12-29-20-14-21(33-2)22(34-3)15-23(20)35-25(29)27-24(30)16-6-5-7-18(13-16)28-36(31,32)19-10-8-17(26)9-11-19/h4-11,13-15,28H,1,12H2,2-3H3. The number of methoxy groups -OCH3 is 2. The summed E-state index contributed by atoms with van der Waals surface area (Å²) in [5, 5.41) is 0.426. The molecular formula is C25H22ClN3O5S2. The zero-order valence-electron chi connectivity index (χ0n) is 19.4. The maximum Gasteiger partial charge on any atom is 0.279 e. The molecule has 0 aliphatic heterocycles. The Hall–Kier alpha value is -3.60. The van der Waals surface area contributed by atoms with Gasteiger partial charge in [0, 0.05) is 35.0 Å². The number of aromatic nitrogens is 1. The van der Waals surface area contributed by atoms with Crippen molar-refractivity contribution >= 4 is 54.8 Å². The number of allylic oxidation sites excluding steroid dienone is 1. The number of ether oxygens (including phenoxy) is 2. The van der Waals surface area contributed by atoms with E-state index in [1.165, 1.54) is 41.7 Å². The van der Waals surface area contributed by atoms with Crippen molar-refractivity contribution < 1.29 is 22.7 Å². The van der Waals surface area contributed by atoms with Crippen LogP contribution in [0.5, 0.6) is 11.5 Å². The molecule has 0 saturated heterocycles. The zero-order valence-corrected chi connectivity index (χ0v) is 21.8. The molecule has 0 spiro atoms. The van der Waals surface area contributed by atoms with Gasteiger partial charge in [-0.25, -0.2) is 8.42 Å². The lowest BCUT2D eigenvalue weighted by molar-refractivity contribution is 0.0998. The van der Waals surface area contributed by atoms with Crippen LogP contribution in [-0.2, 0) is 16.6 Å². The summed E-state index contributed by atoms with van der Waals surface area (Å²) < 4.78 is 41.4. The highest BCUT2D eigenvalue weighted by atomic mass is 35.5. The fraction of sp³-hybridized carbons (Fsp3) is 0.120. The van der Waals surface area contributed by atoms with E-state index in [-0.39, 0.29) is 16.1 Å². The third-order valence-corrected chi connectivity index (χ3v) is 7.87. The molecule has 8 nitrogen and oxygen atoms in total. The maximum atomic E-state index is 13.1. The molecule has 1 aromatic heterocycles. The highest BCUT2D eigenvalue weighted by Crippen LogP contribution is 2.33. The Bertz CT molecular complexity index is 1620. The lowest BCUT2D eigenvalue weighted by Gasteiger charge is -2.09. The number of hydrogen-bond acceptors (Lipinski definition) is 6. The van der Waals surface area contributed by atoms with Crippen LogP contribution in [0.25, 0.3) is 10.2 Å². The summed E-state index contributed by atoms with van der Waals surface area (Å²) in [4.78, 5) is 17.9. The molecule has 0 saturated carbocycles. The number of carbonyl (C=O) groups excluding carboxylic acids is 1. The second-order valence-electron chi connectivity index (χ2n) is 7.52. The average molecular weight is 544 g/mol. The summed E-state index contributed by atoms with van der Waals surface area (Å²) in [6.45, 7) is 4.22. The van der Waals surface area contributed by atoms with E-state index in [1.807, 2.05) is 16.7 Å². The van der Waals surface area contributed by atoms with Crippen LogP contribution < -0.4 is 19.0 Å². The lowest BCUT2D eigenvalue weighted by Crippen LogP contribution is -2.16. The summed E-state index contributed by atoms with van der Waals surface area (Å²) in [5.41, 5.74) is 1.27. The van der Waals surface area contributed by atoms with Gasteiger partial charge in [-0.05, 0) is 42.5 Å². The van der Waals surface area contributed by atoms with Gasteiger partial charge in [0.05, 0.1) is 29.3 Å². The minimum Gasteiger partial charge on any atom is -0.493 e. The Balaban J connectivity index is 1.70. The second kappa shape index (κ2) is 10.6. The number of halogens is 1. The minimum atomic E-state index is -3.86. The number of carbonyl (C=O) groups is 1. The highest BCUT2D eigenvalue weighted by molar-refractivity contribution is 7.92. The third-order valence-electron chi connectivity index (χ3n) is 5.18. The van der Waals surface area contributed by atoms with Crippen molar-refractivity contribution in [2.24, 2.45) is 4.99 Å². The van der Waals surface area contributed by atoms with Crippen LogP contribution in [0.4, 0.5) is 5.69 Å². The summed E-state index contributed by atoms with van der Waals surface area (Å²) in [6.07, 6.45) is 1.71. The van der Waals surface area contributed by atoms with E-state index in [1.54, 1.807) is 38.5 Å². The molecule has 1 heterocycles. The van der Waals surface area contributed by atoms with Crippen molar-refractivity contribution in [3.8, 4) is 11.5 Å². The SMILES string of the molecule is C=CCn1c(=NC(=O)c2cccc(NS(=O)(=O)c3ccc(Cl)cc3)c2)sc2cc(OC)c(OC)cc21. The van der Waals surface area contributed by atoms with Crippen molar-refractivity contribution in [3.05, 3.63) is 88.7 Å². The molecule has 11 heteroatoms. The van der Waals surface area contributed by atoms with Gasteiger partial charge in [0.1, 0.15) is 0 Å². The lowest BCUT2D eigenvalue weighted by atomic mass is 10.2. The van der Waals surface area contributed by atoms with Gasteiger partial charge in [0.25, 0.3) is 15.9 Å². The number of nitrogens with one attached hydrogen (secondary N) is 1. The number of rotatable bonds is 8. The van der Waals surface area contributed by atoms with Gasteiger partial charge in [-0.2, -0.15) is 4.99 Å². The number of sulfonamides is 1. The Morgan fingerprint density at radius 1 is 1.11 bits per heavy atom. The van der Waals surface area contributed by atoms with Crippen molar-refractivity contribution in [1.82, 2.24) is 4.57 Å². The summed E-state index contributed by atoms with van der Waals surface area (Å²) in [7, 11) is -0.757. The van der Waals surface area contributed by atoms with Crippen molar-refractivity contribution in [1.29, 1.82) is 0 Å². The van der Waals surface area contributed by atoms with E-state index in [0.717, 1.165) is 10.2 Å².